The lowest BCUT2D eigenvalue weighted by Crippen LogP contribution is -2.47. The average Bonchev–Trinajstić information content (AvgIpc) is 3.46. The van der Waals surface area contributed by atoms with E-state index in [-0.39, 0.29) is 37.4 Å². The van der Waals surface area contributed by atoms with E-state index in [9.17, 15) is 24.0 Å². The number of carbonyl (C=O) groups excluding carboxylic acids is 5. The van der Waals surface area contributed by atoms with Crippen molar-refractivity contribution in [2.24, 2.45) is 5.92 Å². The molecule has 0 spiro atoms. The minimum Gasteiger partial charge on any atom is -0.453 e. The third-order valence-corrected chi connectivity index (χ3v) is 8.08. The number of imide groups is 1. The van der Waals surface area contributed by atoms with Crippen LogP contribution >= 0.6 is 0 Å². The number of amides is 2. The van der Waals surface area contributed by atoms with Crippen molar-refractivity contribution < 1.29 is 38.6 Å². The molecule has 0 aliphatic carbocycles. The fraction of sp³-hybridized carbons (Fsp3) is 0.342. The minimum absolute atomic E-state index is 0.0267. The van der Waals surface area contributed by atoms with Crippen LogP contribution in [0.2, 0.25) is 0 Å². The molecule has 0 bridgehead atoms. The molecule has 0 unspecified atom stereocenters. The van der Waals surface area contributed by atoms with Crippen LogP contribution in [0.3, 0.4) is 0 Å². The molecule has 1 saturated heterocycles. The van der Waals surface area contributed by atoms with Crippen LogP contribution in [-0.2, 0) is 35.1 Å². The predicted molar refractivity (Wildman–Crippen MR) is 176 cm³/mol. The SMILES string of the molecule is CC(=O)O[C@@H](C(=O)C=C(C(=O)CCCCCCO)c1cccc(C)c1)[C@@H](Cc1ccccc1)C(=O)N1C(=O)OC[C@H]1c1ccccc1. The van der Waals surface area contributed by atoms with Crippen LogP contribution in [0.5, 0.6) is 0 Å². The number of esters is 1. The van der Waals surface area contributed by atoms with Gasteiger partial charge in [0.1, 0.15) is 12.6 Å². The molecule has 1 aliphatic rings. The zero-order valence-electron chi connectivity index (χ0n) is 26.8. The van der Waals surface area contributed by atoms with Gasteiger partial charge in [0.15, 0.2) is 17.7 Å². The number of Topliss-reactive ketones (excluding diaryl/α,β-unsaturated/α-hetero) is 1. The summed E-state index contributed by atoms with van der Waals surface area (Å²) in [6.45, 7) is 3.03. The highest BCUT2D eigenvalue weighted by Gasteiger charge is 2.46. The first-order valence-corrected chi connectivity index (χ1v) is 15.9. The standard InChI is InChI=1S/C38H41NO8/c1-26-14-13-19-30(22-26)31(34(42)20-11-3-4-12-21-40)24-35(43)36(47-27(2)41)32(23-28-15-7-5-8-16-28)37(44)39-33(25-46-38(39)45)29-17-9-6-10-18-29/h5-10,13-19,22,24,32-33,36,40H,3-4,11-12,20-21,23,25H2,1-2H3/t32-,33+,36-/m1/s1. The Morgan fingerprint density at radius 2 is 1.62 bits per heavy atom. The topological polar surface area (TPSA) is 127 Å². The number of aliphatic hydroxyl groups excluding tert-OH is 1. The van der Waals surface area contributed by atoms with Crippen LogP contribution in [0.15, 0.2) is 91.0 Å². The van der Waals surface area contributed by atoms with Gasteiger partial charge in [-0.1, -0.05) is 103 Å². The molecule has 0 radical (unpaired) electrons. The number of benzene rings is 3. The summed E-state index contributed by atoms with van der Waals surface area (Å²) < 4.78 is 10.9. The molecular formula is C38H41NO8. The van der Waals surface area contributed by atoms with E-state index in [0.29, 0.717) is 29.5 Å². The van der Waals surface area contributed by atoms with Crippen molar-refractivity contribution in [1.82, 2.24) is 4.90 Å². The highest BCUT2D eigenvalue weighted by Crippen LogP contribution is 2.32. The Hall–Kier alpha value is -4.89. The number of rotatable bonds is 16. The summed E-state index contributed by atoms with van der Waals surface area (Å²) in [5.74, 6) is -3.85. The van der Waals surface area contributed by atoms with E-state index >= 15 is 0 Å². The van der Waals surface area contributed by atoms with Gasteiger partial charge < -0.3 is 14.6 Å². The van der Waals surface area contributed by atoms with Crippen molar-refractivity contribution in [2.45, 2.75) is 64.5 Å². The lowest BCUT2D eigenvalue weighted by atomic mass is 9.87. The number of allylic oxidation sites excluding steroid dienone is 1. The van der Waals surface area contributed by atoms with Crippen LogP contribution in [0, 0.1) is 12.8 Å². The summed E-state index contributed by atoms with van der Waals surface area (Å²) in [5.41, 5.74) is 2.91. The predicted octanol–water partition coefficient (Wildman–Crippen LogP) is 5.97. The largest absolute Gasteiger partial charge is 0.453 e. The van der Waals surface area contributed by atoms with Crippen LogP contribution in [0.25, 0.3) is 5.57 Å². The molecule has 3 atom stereocenters. The number of nitrogens with zero attached hydrogens (tertiary/aromatic N) is 1. The molecule has 3 aromatic carbocycles. The maximum Gasteiger partial charge on any atom is 0.417 e. The third-order valence-electron chi connectivity index (χ3n) is 8.08. The Morgan fingerprint density at radius 1 is 0.936 bits per heavy atom. The van der Waals surface area contributed by atoms with Gasteiger partial charge in [-0.3, -0.25) is 19.2 Å². The number of hydrogen-bond acceptors (Lipinski definition) is 8. The molecule has 3 aromatic rings. The van der Waals surface area contributed by atoms with E-state index in [0.717, 1.165) is 30.2 Å². The molecular weight excluding hydrogens is 598 g/mol. The summed E-state index contributed by atoms with van der Waals surface area (Å²) in [6.07, 6.45) is 1.53. The second-order valence-corrected chi connectivity index (χ2v) is 11.7. The number of unbranched alkanes of at least 4 members (excludes halogenated alkanes) is 3. The molecule has 47 heavy (non-hydrogen) atoms. The summed E-state index contributed by atoms with van der Waals surface area (Å²) in [6, 6.07) is 24.3. The fourth-order valence-electron chi connectivity index (χ4n) is 5.72. The Kier molecular flexibility index (Phi) is 12.8. The Morgan fingerprint density at radius 3 is 2.28 bits per heavy atom. The van der Waals surface area contributed by atoms with Gasteiger partial charge in [-0.15, -0.1) is 0 Å². The monoisotopic (exact) mass is 639 g/mol. The van der Waals surface area contributed by atoms with Gasteiger partial charge in [0.25, 0.3) is 0 Å². The van der Waals surface area contributed by atoms with Crippen molar-refractivity contribution in [3.8, 4) is 0 Å². The van der Waals surface area contributed by atoms with Gasteiger partial charge in [0.05, 0.1) is 5.92 Å². The van der Waals surface area contributed by atoms with Crippen molar-refractivity contribution >= 4 is 35.1 Å². The van der Waals surface area contributed by atoms with E-state index in [1.165, 1.54) is 6.08 Å². The maximum absolute atomic E-state index is 14.4. The molecule has 1 heterocycles. The number of cyclic esters (lactones) is 1. The Balaban J connectivity index is 1.75. The summed E-state index contributed by atoms with van der Waals surface area (Å²) in [4.78, 5) is 68.8. The van der Waals surface area contributed by atoms with E-state index < -0.39 is 41.8 Å². The summed E-state index contributed by atoms with van der Waals surface area (Å²) in [7, 11) is 0. The first-order chi connectivity index (χ1) is 22.7. The molecule has 1 N–H and O–H groups in total. The zero-order valence-corrected chi connectivity index (χ0v) is 26.8. The van der Waals surface area contributed by atoms with E-state index in [1.54, 1.807) is 66.7 Å². The van der Waals surface area contributed by atoms with Crippen molar-refractivity contribution in [3.05, 3.63) is 113 Å². The third kappa shape index (κ3) is 9.56. The van der Waals surface area contributed by atoms with E-state index in [2.05, 4.69) is 0 Å². The maximum atomic E-state index is 14.4. The number of aryl methyl sites for hydroxylation is 1. The Bertz CT molecular complexity index is 1580. The van der Waals surface area contributed by atoms with Crippen LogP contribution < -0.4 is 0 Å². The number of carbonyl (C=O) groups is 5. The second-order valence-electron chi connectivity index (χ2n) is 11.7. The molecule has 1 aliphatic heterocycles. The van der Waals surface area contributed by atoms with E-state index in [1.807, 2.05) is 25.1 Å². The average molecular weight is 640 g/mol. The van der Waals surface area contributed by atoms with E-state index in [4.69, 9.17) is 14.6 Å². The van der Waals surface area contributed by atoms with Crippen molar-refractivity contribution in [1.29, 1.82) is 0 Å². The zero-order chi connectivity index (χ0) is 33.8. The van der Waals surface area contributed by atoms with Crippen molar-refractivity contribution in [3.63, 3.8) is 0 Å². The van der Waals surface area contributed by atoms with Crippen LogP contribution in [0.4, 0.5) is 4.79 Å². The smallest absolute Gasteiger partial charge is 0.417 e. The van der Waals surface area contributed by atoms with Gasteiger partial charge in [-0.25, -0.2) is 9.69 Å². The number of ether oxygens (including phenoxy) is 2. The highest BCUT2D eigenvalue weighted by molar-refractivity contribution is 6.25. The Labute approximate surface area is 275 Å². The minimum atomic E-state index is -1.64. The molecule has 246 valence electrons. The summed E-state index contributed by atoms with van der Waals surface area (Å²) >= 11 is 0. The number of aliphatic hydroxyl groups is 1. The number of ketones is 2. The lowest BCUT2D eigenvalue weighted by molar-refractivity contribution is -0.158. The first-order valence-electron chi connectivity index (χ1n) is 15.9. The molecule has 9 heteroatoms. The van der Waals surface area contributed by atoms with Crippen molar-refractivity contribution in [2.75, 3.05) is 13.2 Å². The second kappa shape index (κ2) is 17.1. The molecule has 0 aromatic heterocycles. The van der Waals surface area contributed by atoms with Crippen LogP contribution in [-0.4, -0.2) is 58.9 Å². The summed E-state index contributed by atoms with van der Waals surface area (Å²) in [5, 5.41) is 9.08. The molecule has 4 rings (SSSR count). The lowest BCUT2D eigenvalue weighted by Gasteiger charge is -2.29. The fourth-order valence-corrected chi connectivity index (χ4v) is 5.72. The molecule has 0 saturated carbocycles. The molecule has 1 fully saturated rings. The van der Waals surface area contributed by atoms with Gasteiger partial charge in [-0.05, 0) is 49.0 Å². The van der Waals surface area contributed by atoms with Gasteiger partial charge >= 0.3 is 12.1 Å². The quantitative estimate of drug-likeness (QED) is 0.115. The molecule has 2 amide bonds. The van der Waals surface area contributed by atoms with Gasteiger partial charge in [0, 0.05) is 25.5 Å². The highest BCUT2D eigenvalue weighted by atomic mass is 16.6. The number of hydrogen-bond donors (Lipinski definition) is 1. The first kappa shape index (κ1) is 35.0. The van der Waals surface area contributed by atoms with Gasteiger partial charge in [-0.2, -0.15) is 0 Å². The van der Waals surface area contributed by atoms with Crippen LogP contribution in [0.1, 0.15) is 67.3 Å². The normalized spacial score (nSPS) is 15.9. The van der Waals surface area contributed by atoms with Gasteiger partial charge in [0.2, 0.25) is 5.91 Å². The molecule has 9 nitrogen and oxygen atoms in total.